The molecule has 1 atom stereocenters. The van der Waals surface area contributed by atoms with Gasteiger partial charge in [0.2, 0.25) is 5.91 Å². The molecule has 0 aliphatic heterocycles. The molecular formula is C35H35ClF4N4O4. The largest absolute Gasteiger partial charge is 0.490 e. The fourth-order valence-electron chi connectivity index (χ4n) is 5.44. The molecule has 4 aromatic rings. The van der Waals surface area contributed by atoms with Crippen molar-refractivity contribution in [1.29, 1.82) is 0 Å². The Morgan fingerprint density at radius 3 is 2.25 bits per heavy atom. The molecule has 5 rings (SSSR count). The van der Waals surface area contributed by atoms with Crippen LogP contribution in [-0.2, 0) is 11.4 Å². The number of aromatic nitrogens is 1. The van der Waals surface area contributed by atoms with E-state index in [-0.39, 0.29) is 35.4 Å². The van der Waals surface area contributed by atoms with Crippen LogP contribution >= 0.6 is 11.6 Å². The second-order valence-corrected chi connectivity index (χ2v) is 11.7. The number of primary amides is 1. The van der Waals surface area contributed by atoms with E-state index in [1.165, 1.54) is 12.1 Å². The van der Waals surface area contributed by atoms with E-state index in [2.05, 4.69) is 22.4 Å². The van der Waals surface area contributed by atoms with Gasteiger partial charge in [-0.05, 0) is 73.2 Å². The number of nitrogens with one attached hydrogen (secondary N) is 1. The second kappa shape index (κ2) is 16.5. The first-order chi connectivity index (χ1) is 22.8. The SMILES string of the molecule is NC(=O)c1ccc(OCc2ccccn2)c(F)c1-c1cc(C(CNC2CCC(N)CC2)c2ccccc2)ccc1Cl.O=C(O)C(F)(F)F. The number of aliphatic carboxylic acids is 1. The van der Waals surface area contributed by atoms with Gasteiger partial charge in [-0.2, -0.15) is 13.2 Å². The molecule has 1 aromatic heterocycles. The molecule has 8 nitrogen and oxygen atoms in total. The van der Waals surface area contributed by atoms with Crippen molar-refractivity contribution < 1.29 is 37.0 Å². The molecule has 1 heterocycles. The number of hydrogen-bond donors (Lipinski definition) is 4. The number of pyridine rings is 1. The normalized spacial score (nSPS) is 16.7. The Morgan fingerprint density at radius 2 is 1.65 bits per heavy atom. The highest BCUT2D eigenvalue weighted by molar-refractivity contribution is 6.33. The Balaban J connectivity index is 0.000000671. The molecule has 0 radical (unpaired) electrons. The van der Waals surface area contributed by atoms with E-state index in [1.807, 2.05) is 36.4 Å². The highest BCUT2D eigenvalue weighted by Crippen LogP contribution is 2.39. The summed E-state index contributed by atoms with van der Waals surface area (Å²) in [5.74, 6) is -4.27. The third-order valence-electron chi connectivity index (χ3n) is 7.96. The standard InChI is InChI=1S/C33H34ClFN4O2.C2HF3O2/c34-29-15-9-22(28(21-6-2-1-3-7-21)19-39-24-12-10-23(36)11-13-24)18-27(29)31-26(33(37)40)14-16-30(32(31)35)41-20-25-8-4-5-17-38-25;3-2(4,5)1(6)7/h1-9,14-18,23-24,28,39H,10-13,19-20,36H2,(H2,37,40);(H,6,7). The van der Waals surface area contributed by atoms with E-state index in [1.54, 1.807) is 24.4 Å². The van der Waals surface area contributed by atoms with Gasteiger partial charge in [0, 0.05) is 46.9 Å². The summed E-state index contributed by atoms with van der Waals surface area (Å²) in [7, 11) is 0. The molecular weight excluding hydrogens is 652 g/mol. The highest BCUT2D eigenvalue weighted by Gasteiger charge is 2.38. The number of carbonyl (C=O) groups is 2. The Kier molecular flexibility index (Phi) is 12.5. The van der Waals surface area contributed by atoms with E-state index >= 15 is 4.39 Å². The fraction of sp³-hybridized carbons (Fsp3) is 0.286. The van der Waals surface area contributed by atoms with Crippen LogP contribution in [0.25, 0.3) is 11.1 Å². The Morgan fingerprint density at radius 1 is 0.979 bits per heavy atom. The van der Waals surface area contributed by atoms with Crippen molar-refractivity contribution >= 4 is 23.5 Å². The Labute approximate surface area is 280 Å². The van der Waals surface area contributed by atoms with Gasteiger partial charge in [0.15, 0.2) is 11.6 Å². The molecule has 48 heavy (non-hydrogen) atoms. The molecule has 0 spiro atoms. The number of hydrogen-bond acceptors (Lipinski definition) is 6. The number of nitrogens with two attached hydrogens (primary N) is 2. The molecule has 3 aromatic carbocycles. The van der Waals surface area contributed by atoms with E-state index in [9.17, 15) is 18.0 Å². The minimum Gasteiger partial charge on any atom is -0.484 e. The van der Waals surface area contributed by atoms with Crippen LogP contribution in [0.5, 0.6) is 5.75 Å². The predicted molar refractivity (Wildman–Crippen MR) is 174 cm³/mol. The van der Waals surface area contributed by atoms with Crippen LogP contribution in [0.2, 0.25) is 5.02 Å². The van der Waals surface area contributed by atoms with Crippen LogP contribution in [0.4, 0.5) is 17.6 Å². The van der Waals surface area contributed by atoms with Crippen molar-refractivity contribution in [1.82, 2.24) is 10.3 Å². The first-order valence-electron chi connectivity index (χ1n) is 15.1. The van der Waals surface area contributed by atoms with E-state index in [0.717, 1.165) is 36.8 Å². The third kappa shape index (κ3) is 9.75. The summed E-state index contributed by atoms with van der Waals surface area (Å²) in [4.78, 5) is 25.6. The average Bonchev–Trinajstić information content (AvgIpc) is 3.06. The first-order valence-corrected chi connectivity index (χ1v) is 15.5. The molecule has 0 saturated heterocycles. The number of alkyl halides is 3. The molecule has 1 saturated carbocycles. The minimum absolute atomic E-state index is 0.0175. The Bertz CT molecular complexity index is 1690. The highest BCUT2D eigenvalue weighted by atomic mass is 35.5. The summed E-state index contributed by atoms with van der Waals surface area (Å²) in [6, 6.07) is 24.7. The van der Waals surface area contributed by atoms with Crippen LogP contribution in [0.1, 0.15) is 58.8 Å². The number of nitrogens with zero attached hydrogens (tertiary/aromatic N) is 1. The quantitative estimate of drug-likeness (QED) is 0.134. The molecule has 1 amide bonds. The monoisotopic (exact) mass is 686 g/mol. The number of rotatable bonds is 10. The zero-order chi connectivity index (χ0) is 34.8. The summed E-state index contributed by atoms with van der Waals surface area (Å²) in [6.07, 6.45) is 0.641. The van der Waals surface area contributed by atoms with E-state index in [0.29, 0.717) is 28.9 Å². The van der Waals surface area contributed by atoms with Crippen molar-refractivity contribution in [2.75, 3.05) is 6.54 Å². The zero-order valence-electron chi connectivity index (χ0n) is 25.7. The lowest BCUT2D eigenvalue weighted by atomic mass is 9.87. The van der Waals surface area contributed by atoms with Crippen LogP contribution in [0, 0.1) is 5.82 Å². The summed E-state index contributed by atoms with van der Waals surface area (Å²) in [6.45, 7) is 0.748. The number of benzene rings is 3. The lowest BCUT2D eigenvalue weighted by Crippen LogP contribution is -2.39. The van der Waals surface area contributed by atoms with E-state index < -0.39 is 23.9 Å². The van der Waals surface area contributed by atoms with Gasteiger partial charge < -0.3 is 26.6 Å². The molecule has 6 N–H and O–H groups in total. The number of carboxylic acid groups (broad SMARTS) is 1. The number of carboxylic acids is 1. The van der Waals surface area contributed by atoms with Crippen molar-refractivity contribution in [2.45, 2.75) is 56.5 Å². The minimum atomic E-state index is -5.08. The predicted octanol–water partition coefficient (Wildman–Crippen LogP) is 6.84. The van der Waals surface area contributed by atoms with Crippen LogP contribution in [-0.4, -0.2) is 46.8 Å². The Hall–Kier alpha value is -4.52. The third-order valence-corrected chi connectivity index (χ3v) is 8.29. The summed E-state index contributed by atoms with van der Waals surface area (Å²) < 4.78 is 53.6. The number of amides is 1. The van der Waals surface area contributed by atoms with Gasteiger partial charge in [0.05, 0.1) is 11.3 Å². The first kappa shape index (κ1) is 36.3. The number of halogens is 5. The van der Waals surface area contributed by atoms with Crippen molar-refractivity contribution in [2.24, 2.45) is 11.5 Å². The van der Waals surface area contributed by atoms with Gasteiger partial charge >= 0.3 is 12.1 Å². The van der Waals surface area contributed by atoms with Gasteiger partial charge in [-0.25, -0.2) is 9.18 Å². The summed E-state index contributed by atoms with van der Waals surface area (Å²) in [5.41, 5.74) is 14.9. The van der Waals surface area contributed by atoms with Crippen molar-refractivity contribution in [3.05, 3.63) is 118 Å². The zero-order valence-corrected chi connectivity index (χ0v) is 26.5. The lowest BCUT2D eigenvalue weighted by molar-refractivity contribution is -0.192. The van der Waals surface area contributed by atoms with Gasteiger partial charge in [0.25, 0.3) is 0 Å². The maximum absolute atomic E-state index is 16.1. The average molecular weight is 687 g/mol. The molecule has 0 bridgehead atoms. The molecule has 1 aliphatic rings. The van der Waals surface area contributed by atoms with Gasteiger partial charge in [0.1, 0.15) is 6.61 Å². The molecule has 254 valence electrons. The summed E-state index contributed by atoms with van der Waals surface area (Å²) in [5, 5.41) is 11.2. The van der Waals surface area contributed by atoms with Gasteiger partial charge in [-0.15, -0.1) is 0 Å². The fourth-order valence-corrected chi connectivity index (χ4v) is 5.66. The maximum atomic E-state index is 16.1. The number of carbonyl (C=O) groups excluding carboxylic acids is 1. The summed E-state index contributed by atoms with van der Waals surface area (Å²) >= 11 is 6.67. The van der Waals surface area contributed by atoms with Gasteiger partial charge in [-0.1, -0.05) is 54.1 Å². The smallest absolute Gasteiger partial charge is 0.484 e. The van der Waals surface area contributed by atoms with E-state index in [4.69, 9.17) is 37.7 Å². The van der Waals surface area contributed by atoms with Crippen molar-refractivity contribution in [3.63, 3.8) is 0 Å². The number of ether oxygens (including phenoxy) is 1. The van der Waals surface area contributed by atoms with Crippen LogP contribution in [0.3, 0.4) is 0 Å². The van der Waals surface area contributed by atoms with Crippen LogP contribution < -0.4 is 21.5 Å². The second-order valence-electron chi connectivity index (χ2n) is 11.3. The van der Waals surface area contributed by atoms with Gasteiger partial charge in [-0.3, -0.25) is 9.78 Å². The molecule has 1 unspecified atom stereocenters. The van der Waals surface area contributed by atoms with Crippen LogP contribution in [0.15, 0.2) is 85.1 Å². The van der Waals surface area contributed by atoms with Crippen molar-refractivity contribution in [3.8, 4) is 16.9 Å². The molecule has 13 heteroatoms. The maximum Gasteiger partial charge on any atom is 0.490 e. The lowest BCUT2D eigenvalue weighted by Gasteiger charge is -2.29. The molecule has 1 fully saturated rings. The molecule has 1 aliphatic carbocycles. The topological polar surface area (TPSA) is 141 Å².